The summed E-state index contributed by atoms with van der Waals surface area (Å²) in [6, 6.07) is 7.68. The number of aryl methyl sites for hydroxylation is 1. The molecule has 2 aromatic rings. The lowest BCUT2D eigenvalue weighted by atomic mass is 10.1. The Kier molecular flexibility index (Phi) is 11.7. The van der Waals surface area contributed by atoms with Crippen LogP contribution in [0, 0.1) is 18.6 Å². The number of amides is 1. The lowest BCUT2D eigenvalue weighted by Gasteiger charge is -2.09. The van der Waals surface area contributed by atoms with E-state index in [1.807, 2.05) is 26.0 Å². The molecule has 0 fully saturated rings. The summed E-state index contributed by atoms with van der Waals surface area (Å²) in [6.07, 6.45) is 2.76. The van der Waals surface area contributed by atoms with Crippen LogP contribution in [0.1, 0.15) is 49.5 Å². The number of carbonyl (C=O) groups is 1. The van der Waals surface area contributed by atoms with E-state index < -0.39 is 23.1 Å². The molecule has 3 nitrogen and oxygen atoms in total. The average molecular weight is 420 g/mol. The molecule has 0 spiro atoms. The molecule has 0 radical (unpaired) electrons. The highest BCUT2D eigenvalue weighted by Crippen LogP contribution is 2.23. The van der Waals surface area contributed by atoms with Gasteiger partial charge in [0, 0.05) is 0 Å². The molecular formula is C20H25Cl2F2NO2. The number of benzene rings is 2. The normalized spacial score (nSPS) is 9.70. The molecule has 0 atom stereocenters. The Labute approximate surface area is 169 Å². The van der Waals surface area contributed by atoms with Gasteiger partial charge in [-0.3, -0.25) is 4.79 Å². The number of hydrogen-bond acceptors (Lipinski definition) is 2. The minimum absolute atomic E-state index is 0. The smallest absolute Gasteiger partial charge is 0.254 e. The number of carbonyl (C=O) groups excluding carboxylic acids is 1. The lowest BCUT2D eigenvalue weighted by Crippen LogP contribution is -2.16. The van der Waals surface area contributed by atoms with Crippen molar-refractivity contribution in [1.29, 1.82) is 0 Å². The van der Waals surface area contributed by atoms with Gasteiger partial charge in [0.05, 0.1) is 16.7 Å². The van der Waals surface area contributed by atoms with Crippen LogP contribution in [0.25, 0.3) is 0 Å². The zero-order chi connectivity index (χ0) is 19.7. The first-order valence-corrected chi connectivity index (χ1v) is 8.85. The summed E-state index contributed by atoms with van der Waals surface area (Å²) in [5, 5.41) is 1.24. The predicted molar refractivity (Wildman–Crippen MR) is 108 cm³/mol. The summed E-state index contributed by atoms with van der Waals surface area (Å²) in [5.74, 6) is -3.29. The van der Waals surface area contributed by atoms with Crippen molar-refractivity contribution in [3.8, 4) is 5.75 Å². The van der Waals surface area contributed by atoms with E-state index in [-0.39, 0.29) is 13.2 Å². The van der Waals surface area contributed by atoms with Gasteiger partial charge in [-0.1, -0.05) is 56.5 Å². The fraction of sp³-hybridized carbons (Fsp3) is 0.350. The summed E-state index contributed by atoms with van der Waals surface area (Å²) in [4.78, 5) is 10.9. The van der Waals surface area contributed by atoms with Gasteiger partial charge in [-0.05, 0) is 43.2 Å². The molecule has 0 saturated carbocycles. The Balaban J connectivity index is 0.000000572. The zero-order valence-corrected chi connectivity index (χ0v) is 16.1. The largest absolute Gasteiger partial charge is 0.490 e. The quantitative estimate of drug-likeness (QED) is 0.538. The van der Waals surface area contributed by atoms with Gasteiger partial charge < -0.3 is 10.5 Å². The van der Waals surface area contributed by atoms with Crippen LogP contribution in [0.15, 0.2) is 30.3 Å². The van der Waals surface area contributed by atoms with Crippen LogP contribution in [0.4, 0.5) is 8.78 Å². The van der Waals surface area contributed by atoms with Crippen molar-refractivity contribution < 1.29 is 18.3 Å². The molecule has 0 aliphatic heterocycles. The van der Waals surface area contributed by atoms with Crippen LogP contribution in [0.3, 0.4) is 0 Å². The third kappa shape index (κ3) is 8.14. The molecule has 27 heavy (non-hydrogen) atoms. The van der Waals surface area contributed by atoms with Gasteiger partial charge in [0.1, 0.15) is 11.4 Å². The first kappa shape index (κ1) is 25.1. The molecule has 0 aliphatic rings. The number of unbranched alkanes of at least 4 members (excludes halogenated alkanes) is 2. The molecule has 150 valence electrons. The van der Waals surface area contributed by atoms with Gasteiger partial charge >= 0.3 is 0 Å². The SMILES string of the molecule is C.CCCCCOc1ccc(F)c(C(N)=O)c1F.Cc1ccc(Cl)c(Cl)c1. The van der Waals surface area contributed by atoms with Gasteiger partial charge in [0.25, 0.3) is 5.91 Å². The molecule has 7 heteroatoms. The van der Waals surface area contributed by atoms with Crippen LogP contribution < -0.4 is 10.5 Å². The van der Waals surface area contributed by atoms with Crippen molar-refractivity contribution in [1.82, 2.24) is 0 Å². The molecule has 0 saturated heterocycles. The van der Waals surface area contributed by atoms with E-state index in [1.165, 1.54) is 0 Å². The van der Waals surface area contributed by atoms with Crippen molar-refractivity contribution >= 4 is 29.1 Å². The van der Waals surface area contributed by atoms with E-state index in [4.69, 9.17) is 33.7 Å². The number of rotatable bonds is 6. The number of hydrogen-bond donors (Lipinski definition) is 1. The minimum Gasteiger partial charge on any atom is -0.490 e. The monoisotopic (exact) mass is 419 g/mol. The van der Waals surface area contributed by atoms with Crippen LogP contribution in [0.5, 0.6) is 5.75 Å². The fourth-order valence-electron chi connectivity index (χ4n) is 2.01. The van der Waals surface area contributed by atoms with E-state index in [1.54, 1.807) is 6.07 Å². The molecule has 0 unspecified atom stereocenters. The summed E-state index contributed by atoms with van der Waals surface area (Å²) in [5.41, 5.74) is 5.26. The van der Waals surface area contributed by atoms with Gasteiger partial charge in [0.2, 0.25) is 0 Å². The maximum Gasteiger partial charge on any atom is 0.254 e. The number of primary amides is 1. The van der Waals surface area contributed by atoms with Gasteiger partial charge in [0.15, 0.2) is 11.6 Å². The van der Waals surface area contributed by atoms with Crippen molar-refractivity contribution in [2.24, 2.45) is 5.73 Å². The molecule has 2 rings (SSSR count). The Morgan fingerprint density at radius 2 is 1.78 bits per heavy atom. The maximum absolute atomic E-state index is 13.6. The van der Waals surface area contributed by atoms with E-state index in [0.29, 0.717) is 16.7 Å². The molecule has 1 amide bonds. The second-order valence-electron chi connectivity index (χ2n) is 5.57. The summed E-state index contributed by atoms with van der Waals surface area (Å²) in [6.45, 7) is 4.33. The summed E-state index contributed by atoms with van der Waals surface area (Å²) >= 11 is 11.3. The summed E-state index contributed by atoms with van der Waals surface area (Å²) < 4.78 is 31.9. The Hall–Kier alpha value is -1.85. The standard InChI is InChI=1S/C12H15F2NO2.C7H6Cl2.CH4/c1-2-3-4-7-17-9-6-5-8(13)10(11(9)14)12(15)16;1-5-2-3-6(8)7(9)4-5;/h5-6H,2-4,7H2,1H3,(H2,15,16);2-4H,1H3;1H4. The second kappa shape index (κ2) is 12.5. The first-order valence-electron chi connectivity index (χ1n) is 8.10. The Morgan fingerprint density at radius 1 is 1.11 bits per heavy atom. The van der Waals surface area contributed by atoms with Crippen molar-refractivity contribution in [3.05, 3.63) is 63.1 Å². The lowest BCUT2D eigenvalue weighted by molar-refractivity contribution is 0.0991. The highest BCUT2D eigenvalue weighted by atomic mass is 35.5. The third-order valence-electron chi connectivity index (χ3n) is 3.38. The van der Waals surface area contributed by atoms with E-state index in [2.05, 4.69) is 0 Å². The minimum atomic E-state index is -1.14. The predicted octanol–water partition coefficient (Wildman–Crippen LogP) is 6.57. The topological polar surface area (TPSA) is 52.3 Å². The zero-order valence-electron chi connectivity index (χ0n) is 14.6. The van der Waals surface area contributed by atoms with E-state index >= 15 is 0 Å². The molecule has 0 aromatic heterocycles. The van der Waals surface area contributed by atoms with Crippen LogP contribution in [0.2, 0.25) is 10.0 Å². The van der Waals surface area contributed by atoms with E-state index in [0.717, 1.165) is 37.0 Å². The van der Waals surface area contributed by atoms with Crippen LogP contribution in [-0.4, -0.2) is 12.5 Å². The highest BCUT2D eigenvalue weighted by Gasteiger charge is 2.18. The number of nitrogens with two attached hydrogens (primary N) is 1. The van der Waals surface area contributed by atoms with Crippen LogP contribution in [-0.2, 0) is 0 Å². The maximum atomic E-state index is 13.6. The first-order chi connectivity index (χ1) is 12.3. The van der Waals surface area contributed by atoms with Gasteiger partial charge in [-0.2, -0.15) is 0 Å². The van der Waals surface area contributed by atoms with Crippen LogP contribution >= 0.6 is 23.2 Å². The molecule has 0 bridgehead atoms. The Morgan fingerprint density at radius 3 is 2.30 bits per heavy atom. The number of ether oxygens (including phenoxy) is 1. The van der Waals surface area contributed by atoms with Gasteiger partial charge in [-0.15, -0.1) is 0 Å². The second-order valence-corrected chi connectivity index (χ2v) is 6.39. The molecule has 0 heterocycles. The van der Waals surface area contributed by atoms with Crippen molar-refractivity contribution in [2.75, 3.05) is 6.61 Å². The summed E-state index contributed by atoms with van der Waals surface area (Å²) in [7, 11) is 0. The van der Waals surface area contributed by atoms with Crippen molar-refractivity contribution in [2.45, 2.75) is 40.5 Å². The average Bonchev–Trinajstić information content (AvgIpc) is 2.57. The highest BCUT2D eigenvalue weighted by molar-refractivity contribution is 6.42. The molecule has 2 N–H and O–H groups in total. The molecule has 0 aliphatic carbocycles. The molecular weight excluding hydrogens is 395 g/mol. The van der Waals surface area contributed by atoms with Crippen molar-refractivity contribution in [3.63, 3.8) is 0 Å². The third-order valence-corrected chi connectivity index (χ3v) is 4.12. The number of halogens is 4. The fourth-order valence-corrected chi connectivity index (χ4v) is 2.36. The Bertz CT molecular complexity index is 755. The molecule has 2 aromatic carbocycles. The van der Waals surface area contributed by atoms with Gasteiger partial charge in [-0.25, -0.2) is 8.78 Å². The van der Waals surface area contributed by atoms with E-state index in [9.17, 15) is 13.6 Å².